The SMILES string of the molecule is CCO/C(C)=N/OCCN(CCO/N=C(\C)OCC)S(=O)(=O)c1ccc(C)cc1. The van der Waals surface area contributed by atoms with E-state index in [-0.39, 0.29) is 31.2 Å². The molecule has 0 spiro atoms. The Morgan fingerprint density at radius 2 is 1.34 bits per heavy atom. The number of sulfonamides is 1. The molecule has 29 heavy (non-hydrogen) atoms. The van der Waals surface area contributed by atoms with Gasteiger partial charge in [0.25, 0.3) is 0 Å². The quantitative estimate of drug-likeness (QED) is 0.219. The fourth-order valence-electron chi connectivity index (χ4n) is 2.24. The zero-order chi connectivity index (χ0) is 21.7. The molecule has 0 atom stereocenters. The highest BCUT2D eigenvalue weighted by Crippen LogP contribution is 2.16. The summed E-state index contributed by atoms with van der Waals surface area (Å²) in [6.07, 6.45) is 0. The average molecular weight is 430 g/mol. The molecule has 1 aromatic rings. The minimum absolute atomic E-state index is 0.0662. The first-order chi connectivity index (χ1) is 13.8. The van der Waals surface area contributed by atoms with Gasteiger partial charge in [-0.25, -0.2) is 8.42 Å². The molecule has 0 radical (unpaired) electrons. The monoisotopic (exact) mass is 429 g/mol. The fraction of sp³-hybridized carbons (Fsp3) is 0.579. The molecule has 0 aliphatic heterocycles. The average Bonchev–Trinajstić information content (AvgIpc) is 2.67. The van der Waals surface area contributed by atoms with Crippen LogP contribution < -0.4 is 0 Å². The highest BCUT2D eigenvalue weighted by atomic mass is 32.2. The maximum Gasteiger partial charge on any atom is 0.243 e. The van der Waals surface area contributed by atoms with Crippen LogP contribution in [0.2, 0.25) is 0 Å². The molecule has 9 nitrogen and oxygen atoms in total. The summed E-state index contributed by atoms with van der Waals surface area (Å²) in [7, 11) is -3.73. The van der Waals surface area contributed by atoms with Crippen LogP contribution in [0, 0.1) is 6.92 Å². The molecule has 0 bridgehead atoms. The van der Waals surface area contributed by atoms with Gasteiger partial charge in [0.15, 0.2) is 0 Å². The topological polar surface area (TPSA) is 99.0 Å². The lowest BCUT2D eigenvalue weighted by Crippen LogP contribution is -2.36. The summed E-state index contributed by atoms with van der Waals surface area (Å²) in [5.41, 5.74) is 0.976. The summed E-state index contributed by atoms with van der Waals surface area (Å²) >= 11 is 0. The second kappa shape index (κ2) is 13.0. The molecule has 164 valence electrons. The van der Waals surface area contributed by atoms with Crippen LogP contribution in [0.3, 0.4) is 0 Å². The Morgan fingerprint density at radius 3 is 1.76 bits per heavy atom. The Hall–Kier alpha value is -2.33. The molecule has 1 aromatic carbocycles. The smallest absolute Gasteiger partial charge is 0.243 e. The number of benzene rings is 1. The van der Waals surface area contributed by atoms with E-state index in [4.69, 9.17) is 19.1 Å². The molecule has 0 heterocycles. The summed E-state index contributed by atoms with van der Waals surface area (Å²) in [5.74, 6) is 0.758. The van der Waals surface area contributed by atoms with E-state index in [1.807, 2.05) is 20.8 Å². The minimum Gasteiger partial charge on any atom is -0.479 e. The van der Waals surface area contributed by atoms with Crippen molar-refractivity contribution in [3.8, 4) is 0 Å². The molecule has 0 aliphatic rings. The number of rotatable bonds is 12. The van der Waals surface area contributed by atoms with Gasteiger partial charge in [-0.15, -0.1) is 0 Å². The van der Waals surface area contributed by atoms with Crippen LogP contribution in [-0.2, 0) is 29.2 Å². The van der Waals surface area contributed by atoms with Gasteiger partial charge in [-0.1, -0.05) is 28.0 Å². The summed E-state index contributed by atoms with van der Waals surface area (Å²) < 4.78 is 37.6. The molecule has 0 aliphatic carbocycles. The van der Waals surface area contributed by atoms with Crippen LogP contribution >= 0.6 is 0 Å². The largest absolute Gasteiger partial charge is 0.479 e. The molecule has 10 heteroatoms. The number of aryl methyl sites for hydroxylation is 1. The van der Waals surface area contributed by atoms with Crippen LogP contribution in [-0.4, -0.2) is 64.0 Å². The third-order valence-corrected chi connectivity index (χ3v) is 5.53. The van der Waals surface area contributed by atoms with Gasteiger partial charge >= 0.3 is 0 Å². The Labute approximate surface area is 173 Å². The van der Waals surface area contributed by atoms with Crippen molar-refractivity contribution < 1.29 is 27.6 Å². The predicted octanol–water partition coefficient (Wildman–Crippen LogP) is 2.76. The third kappa shape index (κ3) is 9.14. The fourth-order valence-corrected chi connectivity index (χ4v) is 3.65. The van der Waals surface area contributed by atoms with Crippen molar-refractivity contribution in [1.82, 2.24) is 4.31 Å². The van der Waals surface area contributed by atoms with E-state index in [2.05, 4.69) is 10.3 Å². The van der Waals surface area contributed by atoms with Crippen molar-refractivity contribution in [2.75, 3.05) is 39.5 Å². The molecular formula is C19H31N3O6S. The Bertz CT molecular complexity index is 735. The zero-order valence-electron chi connectivity index (χ0n) is 17.8. The summed E-state index contributed by atoms with van der Waals surface area (Å²) in [6.45, 7) is 10.2. The van der Waals surface area contributed by atoms with Gasteiger partial charge in [0.1, 0.15) is 13.2 Å². The van der Waals surface area contributed by atoms with Crippen LogP contribution in [0.5, 0.6) is 0 Å². The maximum atomic E-state index is 13.0. The summed E-state index contributed by atoms with van der Waals surface area (Å²) in [6, 6.07) is 6.66. The van der Waals surface area contributed by atoms with Gasteiger partial charge in [-0.2, -0.15) is 4.31 Å². The normalized spacial score (nSPS) is 12.8. The van der Waals surface area contributed by atoms with Crippen molar-refractivity contribution in [2.24, 2.45) is 10.3 Å². The van der Waals surface area contributed by atoms with Crippen molar-refractivity contribution in [1.29, 1.82) is 0 Å². The first kappa shape index (κ1) is 24.7. The third-order valence-electron chi connectivity index (χ3n) is 3.62. The second-order valence-corrected chi connectivity index (χ2v) is 7.91. The van der Waals surface area contributed by atoms with Crippen LogP contribution in [0.25, 0.3) is 0 Å². The molecule has 0 saturated carbocycles. The number of ether oxygens (including phenoxy) is 2. The van der Waals surface area contributed by atoms with E-state index in [1.165, 1.54) is 4.31 Å². The maximum absolute atomic E-state index is 13.0. The van der Waals surface area contributed by atoms with E-state index in [9.17, 15) is 8.42 Å². The number of nitrogens with zero attached hydrogens (tertiary/aromatic N) is 3. The van der Waals surface area contributed by atoms with Crippen LogP contribution in [0.15, 0.2) is 39.5 Å². The van der Waals surface area contributed by atoms with Crippen molar-refractivity contribution >= 4 is 21.8 Å². The molecule has 0 aromatic heterocycles. The van der Waals surface area contributed by atoms with Crippen LogP contribution in [0.1, 0.15) is 33.3 Å². The standard InChI is InChI=1S/C19H31N3O6S/c1-6-25-17(4)20-27-14-12-22(13-15-28-21-18(5)26-7-2)29(23,24)19-10-8-16(3)9-11-19/h8-11H,6-7,12-15H2,1-5H3/b20-17+,21-18+. The van der Waals surface area contributed by atoms with E-state index < -0.39 is 10.0 Å². The summed E-state index contributed by atoms with van der Waals surface area (Å²) in [5, 5.41) is 7.59. The lowest BCUT2D eigenvalue weighted by Gasteiger charge is -2.21. The van der Waals surface area contributed by atoms with Crippen molar-refractivity contribution in [2.45, 2.75) is 39.5 Å². The van der Waals surface area contributed by atoms with Gasteiger partial charge in [0.2, 0.25) is 21.8 Å². The van der Waals surface area contributed by atoms with E-state index in [0.29, 0.717) is 25.0 Å². The highest BCUT2D eigenvalue weighted by molar-refractivity contribution is 7.89. The van der Waals surface area contributed by atoms with Crippen molar-refractivity contribution in [3.63, 3.8) is 0 Å². The lowest BCUT2D eigenvalue weighted by atomic mass is 10.2. The summed E-state index contributed by atoms with van der Waals surface area (Å²) in [4.78, 5) is 10.5. The van der Waals surface area contributed by atoms with Crippen molar-refractivity contribution in [3.05, 3.63) is 29.8 Å². The molecular weight excluding hydrogens is 398 g/mol. The molecule has 0 amide bonds. The molecule has 0 N–H and O–H groups in total. The van der Waals surface area contributed by atoms with Gasteiger partial charge in [0.05, 0.1) is 31.2 Å². The number of hydrogen-bond acceptors (Lipinski definition) is 8. The second-order valence-electron chi connectivity index (χ2n) is 5.97. The van der Waals surface area contributed by atoms with Gasteiger partial charge < -0.3 is 19.1 Å². The minimum atomic E-state index is -3.73. The molecule has 0 fully saturated rings. The van der Waals surface area contributed by atoms with Crippen LogP contribution in [0.4, 0.5) is 0 Å². The van der Waals surface area contributed by atoms with Gasteiger partial charge in [-0.3, -0.25) is 0 Å². The zero-order valence-corrected chi connectivity index (χ0v) is 18.6. The van der Waals surface area contributed by atoms with E-state index in [0.717, 1.165) is 5.56 Å². The number of oxime groups is 2. The van der Waals surface area contributed by atoms with Gasteiger partial charge in [0, 0.05) is 13.8 Å². The highest BCUT2D eigenvalue weighted by Gasteiger charge is 2.24. The number of hydrogen-bond donors (Lipinski definition) is 0. The van der Waals surface area contributed by atoms with E-state index >= 15 is 0 Å². The van der Waals surface area contributed by atoms with E-state index in [1.54, 1.807) is 38.1 Å². The lowest BCUT2D eigenvalue weighted by molar-refractivity contribution is 0.0987. The first-order valence-electron chi connectivity index (χ1n) is 9.46. The first-order valence-corrected chi connectivity index (χ1v) is 10.9. The predicted molar refractivity (Wildman–Crippen MR) is 111 cm³/mol. The van der Waals surface area contributed by atoms with Gasteiger partial charge in [-0.05, 0) is 32.9 Å². The molecule has 1 rings (SSSR count). The Morgan fingerprint density at radius 1 is 0.897 bits per heavy atom. The molecule has 0 unspecified atom stereocenters. The Kier molecular flexibility index (Phi) is 11.1. The Balaban J connectivity index is 2.80. The molecule has 0 saturated heterocycles.